The smallest absolute Gasteiger partial charge is 0.0463 e. The lowest BCUT2D eigenvalue weighted by molar-refractivity contribution is 1.09. The maximum Gasteiger partial charge on any atom is 0.0463 e. The third kappa shape index (κ3) is 2.05. The molecule has 0 aliphatic rings. The summed E-state index contributed by atoms with van der Waals surface area (Å²) >= 11 is 15.9. The van der Waals surface area contributed by atoms with E-state index >= 15 is 0 Å². The molecular formula is C8H8Cl2S. The maximum absolute atomic E-state index is 5.90. The minimum atomic E-state index is 0.636. The SMILES string of the molecule is CCc1c(S)cc(Cl)cc1Cl. The van der Waals surface area contributed by atoms with Crippen molar-refractivity contribution in [1.29, 1.82) is 0 Å². The van der Waals surface area contributed by atoms with E-state index in [1.54, 1.807) is 12.1 Å². The molecule has 60 valence electrons. The van der Waals surface area contributed by atoms with Crippen molar-refractivity contribution in [2.24, 2.45) is 0 Å². The molecule has 0 atom stereocenters. The summed E-state index contributed by atoms with van der Waals surface area (Å²) in [5.41, 5.74) is 1.06. The molecule has 0 fully saturated rings. The normalized spacial score (nSPS) is 10.2. The molecule has 0 aromatic heterocycles. The van der Waals surface area contributed by atoms with Crippen LogP contribution in [0.3, 0.4) is 0 Å². The van der Waals surface area contributed by atoms with Gasteiger partial charge in [0.1, 0.15) is 0 Å². The van der Waals surface area contributed by atoms with Gasteiger partial charge in [0.25, 0.3) is 0 Å². The molecule has 3 heteroatoms. The van der Waals surface area contributed by atoms with Gasteiger partial charge in [-0.1, -0.05) is 30.1 Å². The van der Waals surface area contributed by atoms with Gasteiger partial charge in [0.15, 0.2) is 0 Å². The van der Waals surface area contributed by atoms with Crippen LogP contribution in [0.2, 0.25) is 10.0 Å². The Hall–Kier alpha value is 0.150. The molecule has 0 radical (unpaired) electrons. The van der Waals surface area contributed by atoms with Crippen molar-refractivity contribution in [2.75, 3.05) is 0 Å². The molecule has 1 rings (SSSR count). The van der Waals surface area contributed by atoms with Crippen molar-refractivity contribution >= 4 is 35.8 Å². The summed E-state index contributed by atoms with van der Waals surface area (Å²) in [7, 11) is 0. The first-order valence-corrected chi connectivity index (χ1v) is 4.52. The van der Waals surface area contributed by atoms with Crippen LogP contribution in [0.1, 0.15) is 12.5 Å². The van der Waals surface area contributed by atoms with Crippen LogP contribution >= 0.6 is 35.8 Å². The number of hydrogen-bond donors (Lipinski definition) is 1. The summed E-state index contributed by atoms with van der Waals surface area (Å²) in [6, 6.07) is 3.54. The van der Waals surface area contributed by atoms with Crippen molar-refractivity contribution < 1.29 is 0 Å². The van der Waals surface area contributed by atoms with E-state index in [1.807, 2.05) is 6.92 Å². The molecule has 11 heavy (non-hydrogen) atoms. The van der Waals surface area contributed by atoms with Crippen molar-refractivity contribution in [3.8, 4) is 0 Å². The van der Waals surface area contributed by atoms with E-state index in [0.717, 1.165) is 16.9 Å². The van der Waals surface area contributed by atoms with E-state index in [4.69, 9.17) is 23.2 Å². The van der Waals surface area contributed by atoms with Crippen molar-refractivity contribution in [1.82, 2.24) is 0 Å². The van der Waals surface area contributed by atoms with Gasteiger partial charge in [0.05, 0.1) is 0 Å². The standard InChI is InChI=1S/C8H8Cl2S/c1-2-6-7(10)3-5(9)4-8(6)11/h3-4,11H,2H2,1H3. The highest BCUT2D eigenvalue weighted by atomic mass is 35.5. The Morgan fingerprint density at radius 3 is 2.45 bits per heavy atom. The summed E-state index contributed by atoms with van der Waals surface area (Å²) in [6.45, 7) is 2.04. The number of rotatable bonds is 1. The highest BCUT2D eigenvalue weighted by Gasteiger charge is 2.03. The predicted octanol–water partition coefficient (Wildman–Crippen LogP) is 3.84. The van der Waals surface area contributed by atoms with Crippen LogP contribution in [0.5, 0.6) is 0 Å². The first-order valence-electron chi connectivity index (χ1n) is 3.32. The first kappa shape index (κ1) is 9.24. The molecule has 0 nitrogen and oxygen atoms in total. The van der Waals surface area contributed by atoms with Gasteiger partial charge in [-0.15, -0.1) is 12.6 Å². The summed E-state index contributed by atoms with van der Waals surface area (Å²) in [5, 5.41) is 1.34. The lowest BCUT2D eigenvalue weighted by Crippen LogP contribution is -1.84. The largest absolute Gasteiger partial charge is 0.143 e. The second kappa shape index (κ2) is 3.70. The number of thiol groups is 1. The van der Waals surface area contributed by atoms with Crippen LogP contribution in [-0.2, 0) is 6.42 Å². The van der Waals surface area contributed by atoms with E-state index in [0.29, 0.717) is 10.0 Å². The molecule has 0 saturated carbocycles. The van der Waals surface area contributed by atoms with Gasteiger partial charge in [-0.25, -0.2) is 0 Å². The maximum atomic E-state index is 5.90. The van der Waals surface area contributed by atoms with Gasteiger partial charge in [-0.3, -0.25) is 0 Å². The van der Waals surface area contributed by atoms with Gasteiger partial charge in [0.2, 0.25) is 0 Å². The zero-order chi connectivity index (χ0) is 8.43. The Labute approximate surface area is 81.9 Å². The second-order valence-corrected chi connectivity index (χ2v) is 3.56. The second-order valence-electron chi connectivity index (χ2n) is 2.24. The van der Waals surface area contributed by atoms with Crippen molar-refractivity contribution in [3.63, 3.8) is 0 Å². The molecule has 0 aliphatic heterocycles. The van der Waals surface area contributed by atoms with E-state index in [1.165, 1.54) is 0 Å². The topological polar surface area (TPSA) is 0 Å². The van der Waals surface area contributed by atoms with Gasteiger partial charge in [-0.2, -0.15) is 0 Å². The molecule has 0 spiro atoms. The van der Waals surface area contributed by atoms with Gasteiger partial charge in [0, 0.05) is 14.9 Å². The minimum absolute atomic E-state index is 0.636. The molecule has 0 N–H and O–H groups in total. The molecule has 0 amide bonds. The highest BCUT2D eigenvalue weighted by molar-refractivity contribution is 7.80. The third-order valence-corrected chi connectivity index (χ3v) is 2.44. The highest BCUT2D eigenvalue weighted by Crippen LogP contribution is 2.27. The molecule has 1 aromatic carbocycles. The first-order chi connectivity index (χ1) is 5.15. The van der Waals surface area contributed by atoms with E-state index in [-0.39, 0.29) is 0 Å². The molecule has 0 saturated heterocycles. The monoisotopic (exact) mass is 206 g/mol. The van der Waals surface area contributed by atoms with Crippen LogP contribution in [-0.4, -0.2) is 0 Å². The predicted molar refractivity (Wildman–Crippen MR) is 53.1 cm³/mol. The van der Waals surface area contributed by atoms with Gasteiger partial charge in [-0.05, 0) is 24.1 Å². The Kier molecular flexibility index (Phi) is 3.11. The quantitative estimate of drug-likeness (QED) is 0.664. The van der Waals surface area contributed by atoms with Crippen LogP contribution in [0.15, 0.2) is 17.0 Å². The third-order valence-electron chi connectivity index (χ3n) is 1.49. The Morgan fingerprint density at radius 2 is 2.00 bits per heavy atom. The van der Waals surface area contributed by atoms with Crippen molar-refractivity contribution in [3.05, 3.63) is 27.7 Å². The minimum Gasteiger partial charge on any atom is -0.143 e. The molecule has 1 aromatic rings. The van der Waals surface area contributed by atoms with E-state index < -0.39 is 0 Å². The molecule has 0 bridgehead atoms. The number of hydrogen-bond acceptors (Lipinski definition) is 1. The fraction of sp³-hybridized carbons (Fsp3) is 0.250. The fourth-order valence-corrected chi connectivity index (χ4v) is 2.13. The van der Waals surface area contributed by atoms with Crippen LogP contribution in [0.25, 0.3) is 0 Å². The number of halogens is 2. The number of benzene rings is 1. The zero-order valence-corrected chi connectivity index (χ0v) is 8.47. The zero-order valence-electron chi connectivity index (χ0n) is 6.06. The Bertz CT molecular complexity index is 248. The van der Waals surface area contributed by atoms with Crippen LogP contribution in [0.4, 0.5) is 0 Å². The summed E-state index contributed by atoms with van der Waals surface area (Å²) in [6.07, 6.45) is 0.884. The van der Waals surface area contributed by atoms with Crippen LogP contribution < -0.4 is 0 Å². The average molecular weight is 207 g/mol. The van der Waals surface area contributed by atoms with E-state index in [9.17, 15) is 0 Å². The Morgan fingerprint density at radius 1 is 1.36 bits per heavy atom. The summed E-state index contributed by atoms with van der Waals surface area (Å²) in [5.74, 6) is 0. The van der Waals surface area contributed by atoms with E-state index in [2.05, 4.69) is 12.6 Å². The van der Waals surface area contributed by atoms with Crippen molar-refractivity contribution in [2.45, 2.75) is 18.2 Å². The molecule has 0 heterocycles. The summed E-state index contributed by atoms with van der Waals surface area (Å²) in [4.78, 5) is 0.866. The van der Waals surface area contributed by atoms with Gasteiger partial charge >= 0.3 is 0 Å². The molecule has 0 aliphatic carbocycles. The lowest BCUT2D eigenvalue weighted by atomic mass is 10.2. The summed E-state index contributed by atoms with van der Waals surface area (Å²) < 4.78 is 0. The molecule has 0 unspecified atom stereocenters. The molecular weight excluding hydrogens is 199 g/mol. The lowest BCUT2D eigenvalue weighted by Gasteiger charge is -2.04. The fourth-order valence-electron chi connectivity index (χ4n) is 0.940. The van der Waals surface area contributed by atoms with Gasteiger partial charge < -0.3 is 0 Å². The average Bonchev–Trinajstić information content (AvgIpc) is 1.85. The Balaban J connectivity index is 3.25. The van der Waals surface area contributed by atoms with Crippen LogP contribution in [0, 0.1) is 0 Å².